The van der Waals surface area contributed by atoms with Crippen LogP contribution < -0.4 is 16.8 Å². The van der Waals surface area contributed by atoms with E-state index in [2.05, 4.69) is 5.32 Å². The van der Waals surface area contributed by atoms with Gasteiger partial charge in [0.25, 0.3) is 0 Å². The molecule has 0 radical (unpaired) electrons. The Morgan fingerprint density at radius 2 is 1.83 bits per heavy atom. The minimum absolute atomic E-state index is 0.163. The molecule has 5 N–H and O–H groups in total. The van der Waals surface area contributed by atoms with Gasteiger partial charge in [0.05, 0.1) is 6.42 Å². The second-order valence-electron chi connectivity index (χ2n) is 5.26. The normalized spacial score (nSPS) is 11.6. The smallest absolute Gasteiger partial charge is 0.240 e. The van der Waals surface area contributed by atoms with E-state index in [1.54, 1.807) is 4.90 Å². The summed E-state index contributed by atoms with van der Waals surface area (Å²) in [7, 11) is 0. The highest BCUT2D eigenvalue weighted by atomic mass is 16.2. The maximum atomic E-state index is 12.4. The molecular weight excluding hydrogens is 296 g/mol. The van der Waals surface area contributed by atoms with E-state index in [4.69, 9.17) is 11.5 Å². The van der Waals surface area contributed by atoms with Gasteiger partial charge in [0, 0.05) is 26.6 Å². The van der Waals surface area contributed by atoms with Crippen LogP contribution in [0.1, 0.15) is 18.9 Å². The highest BCUT2D eigenvalue weighted by molar-refractivity contribution is 5.90. The monoisotopic (exact) mass is 320 g/mol. The van der Waals surface area contributed by atoms with E-state index in [1.165, 1.54) is 6.92 Å². The van der Waals surface area contributed by atoms with Gasteiger partial charge in [-0.3, -0.25) is 14.4 Å². The molecule has 0 saturated heterocycles. The number of carbonyl (C=O) groups is 3. The van der Waals surface area contributed by atoms with Crippen molar-refractivity contribution in [3.63, 3.8) is 0 Å². The average molecular weight is 320 g/mol. The van der Waals surface area contributed by atoms with E-state index in [0.29, 0.717) is 26.1 Å². The Labute approximate surface area is 136 Å². The number of nitrogens with one attached hydrogen (secondary N) is 1. The number of benzene rings is 1. The molecule has 0 spiro atoms. The van der Waals surface area contributed by atoms with E-state index in [9.17, 15) is 14.4 Å². The molecule has 0 heterocycles. The quantitative estimate of drug-likeness (QED) is 0.563. The van der Waals surface area contributed by atoms with Crippen molar-refractivity contribution in [3.05, 3.63) is 35.9 Å². The predicted molar refractivity (Wildman–Crippen MR) is 87.2 cm³/mol. The van der Waals surface area contributed by atoms with Crippen molar-refractivity contribution in [3.8, 4) is 0 Å². The van der Waals surface area contributed by atoms with Gasteiger partial charge in [0.1, 0.15) is 6.04 Å². The van der Waals surface area contributed by atoms with Gasteiger partial charge in [-0.15, -0.1) is 0 Å². The van der Waals surface area contributed by atoms with Crippen molar-refractivity contribution in [1.82, 2.24) is 10.2 Å². The minimum Gasteiger partial charge on any atom is -0.368 e. The van der Waals surface area contributed by atoms with Gasteiger partial charge in [0.15, 0.2) is 0 Å². The average Bonchev–Trinajstić information content (AvgIpc) is 2.51. The number of carbonyl (C=O) groups excluding carboxylic acids is 3. The van der Waals surface area contributed by atoms with Crippen molar-refractivity contribution in [1.29, 1.82) is 0 Å². The van der Waals surface area contributed by atoms with Crippen LogP contribution in [0.25, 0.3) is 0 Å². The molecule has 0 saturated carbocycles. The molecule has 0 aliphatic rings. The molecule has 1 aromatic carbocycles. The van der Waals surface area contributed by atoms with Crippen LogP contribution in [0.15, 0.2) is 30.3 Å². The van der Waals surface area contributed by atoms with Crippen LogP contribution in [-0.2, 0) is 20.8 Å². The number of hydrogen-bond donors (Lipinski definition) is 3. The fraction of sp³-hybridized carbons (Fsp3) is 0.438. The van der Waals surface area contributed by atoms with Crippen LogP contribution in [0, 0.1) is 0 Å². The number of nitrogens with two attached hydrogens (primary N) is 2. The lowest BCUT2D eigenvalue weighted by atomic mass is 10.1. The van der Waals surface area contributed by atoms with Crippen molar-refractivity contribution in [2.24, 2.45) is 11.5 Å². The number of hydrogen-bond acceptors (Lipinski definition) is 4. The SMILES string of the molecule is CC(=O)N[C@@H](CC(=O)N(CCN)CCc1ccccc1)C(N)=O. The zero-order valence-electron chi connectivity index (χ0n) is 13.3. The molecule has 0 unspecified atom stereocenters. The predicted octanol–water partition coefficient (Wildman–Crippen LogP) is -0.603. The first-order chi connectivity index (χ1) is 10.9. The Kier molecular flexibility index (Phi) is 7.76. The third-order valence-corrected chi connectivity index (χ3v) is 3.36. The largest absolute Gasteiger partial charge is 0.368 e. The van der Waals surface area contributed by atoms with Crippen molar-refractivity contribution >= 4 is 17.7 Å². The van der Waals surface area contributed by atoms with Gasteiger partial charge in [0.2, 0.25) is 17.7 Å². The van der Waals surface area contributed by atoms with Gasteiger partial charge in [-0.05, 0) is 12.0 Å². The van der Waals surface area contributed by atoms with Crippen LogP contribution in [-0.4, -0.2) is 48.3 Å². The molecule has 1 atom stereocenters. The Bertz CT molecular complexity index is 533. The summed E-state index contributed by atoms with van der Waals surface area (Å²) in [5.41, 5.74) is 11.9. The molecule has 7 heteroatoms. The molecule has 0 aliphatic heterocycles. The number of amides is 3. The maximum Gasteiger partial charge on any atom is 0.240 e. The maximum absolute atomic E-state index is 12.4. The fourth-order valence-corrected chi connectivity index (χ4v) is 2.20. The number of nitrogens with zero attached hydrogens (tertiary/aromatic N) is 1. The van der Waals surface area contributed by atoms with Crippen LogP contribution in [0.4, 0.5) is 0 Å². The van der Waals surface area contributed by atoms with Crippen LogP contribution >= 0.6 is 0 Å². The number of primary amides is 1. The zero-order chi connectivity index (χ0) is 17.2. The molecule has 0 aliphatic carbocycles. The Morgan fingerprint density at radius 1 is 1.17 bits per heavy atom. The summed E-state index contributed by atoms with van der Waals surface area (Å²) in [5.74, 6) is -1.40. The molecule has 0 fully saturated rings. The zero-order valence-corrected chi connectivity index (χ0v) is 13.3. The topological polar surface area (TPSA) is 119 Å². The summed E-state index contributed by atoms with van der Waals surface area (Å²) in [5, 5.41) is 2.39. The summed E-state index contributed by atoms with van der Waals surface area (Å²) < 4.78 is 0. The van der Waals surface area contributed by atoms with E-state index in [1.807, 2.05) is 30.3 Å². The molecule has 1 aromatic rings. The Hall–Kier alpha value is -2.41. The highest BCUT2D eigenvalue weighted by Gasteiger charge is 2.23. The molecule has 126 valence electrons. The lowest BCUT2D eigenvalue weighted by molar-refractivity contribution is -0.135. The second kappa shape index (κ2) is 9.58. The van der Waals surface area contributed by atoms with E-state index < -0.39 is 17.9 Å². The Morgan fingerprint density at radius 3 is 2.35 bits per heavy atom. The summed E-state index contributed by atoms with van der Waals surface area (Å²) in [4.78, 5) is 36.4. The summed E-state index contributed by atoms with van der Waals surface area (Å²) in [6.45, 7) is 2.47. The summed E-state index contributed by atoms with van der Waals surface area (Å²) in [6, 6.07) is 8.76. The standard InChI is InChI=1S/C16H24N4O3/c1-12(21)19-14(16(18)23)11-15(22)20(10-8-17)9-7-13-5-3-2-4-6-13/h2-6,14H,7-11,17H2,1H3,(H2,18,23)(H,19,21)/t14-/m0/s1. The third-order valence-electron chi connectivity index (χ3n) is 3.36. The van der Waals surface area contributed by atoms with Crippen LogP contribution in [0.3, 0.4) is 0 Å². The van der Waals surface area contributed by atoms with E-state index >= 15 is 0 Å². The molecule has 0 bridgehead atoms. The van der Waals surface area contributed by atoms with Gasteiger partial charge in [-0.25, -0.2) is 0 Å². The van der Waals surface area contributed by atoms with E-state index in [-0.39, 0.29) is 12.3 Å². The van der Waals surface area contributed by atoms with Gasteiger partial charge in [-0.1, -0.05) is 30.3 Å². The molecular formula is C16H24N4O3. The summed E-state index contributed by atoms with van der Waals surface area (Å²) in [6.07, 6.45) is 0.525. The van der Waals surface area contributed by atoms with Crippen LogP contribution in [0.5, 0.6) is 0 Å². The van der Waals surface area contributed by atoms with Crippen molar-refractivity contribution in [2.75, 3.05) is 19.6 Å². The lowest BCUT2D eigenvalue weighted by Gasteiger charge is -2.24. The molecule has 7 nitrogen and oxygen atoms in total. The Balaban J connectivity index is 2.65. The lowest BCUT2D eigenvalue weighted by Crippen LogP contribution is -2.48. The van der Waals surface area contributed by atoms with Gasteiger partial charge >= 0.3 is 0 Å². The third kappa shape index (κ3) is 6.92. The number of rotatable bonds is 9. The first kappa shape index (κ1) is 18.6. The van der Waals surface area contributed by atoms with Gasteiger partial charge < -0.3 is 21.7 Å². The second-order valence-corrected chi connectivity index (χ2v) is 5.26. The fourth-order valence-electron chi connectivity index (χ4n) is 2.20. The summed E-state index contributed by atoms with van der Waals surface area (Å²) >= 11 is 0. The molecule has 3 amide bonds. The van der Waals surface area contributed by atoms with Crippen molar-refractivity contribution in [2.45, 2.75) is 25.8 Å². The first-order valence-electron chi connectivity index (χ1n) is 7.52. The molecule has 0 aromatic heterocycles. The van der Waals surface area contributed by atoms with Crippen LogP contribution in [0.2, 0.25) is 0 Å². The van der Waals surface area contributed by atoms with Crippen molar-refractivity contribution < 1.29 is 14.4 Å². The van der Waals surface area contributed by atoms with E-state index in [0.717, 1.165) is 5.56 Å². The van der Waals surface area contributed by atoms with Gasteiger partial charge in [-0.2, -0.15) is 0 Å². The molecule has 1 rings (SSSR count). The highest BCUT2D eigenvalue weighted by Crippen LogP contribution is 2.04. The minimum atomic E-state index is -1.00. The molecule has 23 heavy (non-hydrogen) atoms. The first-order valence-corrected chi connectivity index (χ1v) is 7.52.